The summed E-state index contributed by atoms with van der Waals surface area (Å²) in [5, 5.41) is 5.97. The first-order valence-electron chi connectivity index (χ1n) is 7.01. The van der Waals surface area contributed by atoms with Crippen LogP contribution < -0.4 is 10.6 Å². The molecular weight excluding hydrogens is 370 g/mol. The van der Waals surface area contributed by atoms with Crippen LogP contribution >= 0.6 is 15.9 Å². The van der Waals surface area contributed by atoms with Gasteiger partial charge in [-0.3, -0.25) is 4.79 Å². The normalized spacial score (nSPS) is 11.7. The number of hydrogen-bond acceptors (Lipinski definition) is 4. The summed E-state index contributed by atoms with van der Waals surface area (Å²) in [5.74, 6) is -0.229. The molecule has 0 aliphatic carbocycles. The van der Waals surface area contributed by atoms with E-state index in [4.69, 9.17) is 0 Å². The topological polar surface area (TPSA) is 78.5 Å². The lowest BCUT2D eigenvalue weighted by atomic mass is 10.2. The Morgan fingerprint density at radius 2 is 1.91 bits per heavy atom. The summed E-state index contributed by atoms with van der Waals surface area (Å²) in [6.45, 7) is 4.22. The average molecular weight is 392 g/mol. The highest BCUT2D eigenvalue weighted by Gasteiger charge is 2.21. The van der Waals surface area contributed by atoms with Gasteiger partial charge >= 0.3 is 0 Å². The van der Waals surface area contributed by atoms with Crippen LogP contribution in [0.3, 0.4) is 0 Å². The van der Waals surface area contributed by atoms with E-state index in [-0.39, 0.29) is 10.8 Å². The quantitative estimate of drug-likeness (QED) is 0.657. The van der Waals surface area contributed by atoms with Gasteiger partial charge in [0.05, 0.1) is 4.90 Å². The number of nitrogens with one attached hydrogen (secondary N) is 2. The first-order chi connectivity index (χ1) is 10.3. The molecule has 0 saturated carbocycles. The summed E-state index contributed by atoms with van der Waals surface area (Å²) in [4.78, 5) is 12.1. The van der Waals surface area contributed by atoms with Crippen LogP contribution in [0.5, 0.6) is 0 Å². The molecule has 0 atom stereocenters. The van der Waals surface area contributed by atoms with Crippen molar-refractivity contribution in [1.29, 1.82) is 0 Å². The summed E-state index contributed by atoms with van der Waals surface area (Å²) in [6, 6.07) is 4.46. The Morgan fingerprint density at radius 3 is 2.45 bits per heavy atom. The third-order valence-corrected chi connectivity index (χ3v) is 5.76. The van der Waals surface area contributed by atoms with Crippen molar-refractivity contribution in [2.45, 2.75) is 18.2 Å². The number of carbonyl (C=O) groups is 1. The first-order valence-corrected chi connectivity index (χ1v) is 9.25. The van der Waals surface area contributed by atoms with Crippen molar-refractivity contribution in [3.05, 3.63) is 28.2 Å². The van der Waals surface area contributed by atoms with Crippen LogP contribution in [-0.2, 0) is 10.0 Å². The van der Waals surface area contributed by atoms with Gasteiger partial charge in [-0.15, -0.1) is 0 Å². The lowest BCUT2D eigenvalue weighted by molar-refractivity contribution is 0.0953. The van der Waals surface area contributed by atoms with Crippen LogP contribution in [-0.4, -0.2) is 52.4 Å². The number of halogens is 1. The highest BCUT2D eigenvalue weighted by molar-refractivity contribution is 9.10. The van der Waals surface area contributed by atoms with Crippen molar-refractivity contribution in [3.63, 3.8) is 0 Å². The van der Waals surface area contributed by atoms with Crippen molar-refractivity contribution in [3.8, 4) is 0 Å². The molecule has 1 aromatic carbocycles. The smallest absolute Gasteiger partial charge is 0.251 e. The molecule has 0 radical (unpaired) electrons. The van der Waals surface area contributed by atoms with E-state index in [1.165, 1.54) is 32.3 Å². The number of carbonyl (C=O) groups excluding carboxylic acids is 1. The summed E-state index contributed by atoms with van der Waals surface area (Å²) < 4.78 is 25.7. The van der Waals surface area contributed by atoms with Crippen LogP contribution in [0.4, 0.5) is 0 Å². The van der Waals surface area contributed by atoms with Gasteiger partial charge in [0, 0.05) is 37.2 Å². The van der Waals surface area contributed by atoms with E-state index >= 15 is 0 Å². The minimum Gasteiger partial charge on any atom is -0.351 e. The molecule has 6 nitrogen and oxygen atoms in total. The molecule has 0 spiro atoms. The Hall–Kier alpha value is -0.960. The van der Waals surface area contributed by atoms with E-state index in [9.17, 15) is 13.2 Å². The fourth-order valence-corrected chi connectivity index (χ4v) is 3.65. The minimum atomic E-state index is -3.53. The Kier molecular flexibility index (Phi) is 7.47. The second-order valence-electron chi connectivity index (χ2n) is 4.94. The Bertz CT molecular complexity index is 618. The molecule has 0 bridgehead atoms. The maximum absolute atomic E-state index is 12.1. The summed E-state index contributed by atoms with van der Waals surface area (Å²) in [7, 11) is -0.605. The van der Waals surface area contributed by atoms with E-state index in [0.29, 0.717) is 23.1 Å². The van der Waals surface area contributed by atoms with Gasteiger partial charge in [0.25, 0.3) is 5.91 Å². The van der Waals surface area contributed by atoms with Crippen molar-refractivity contribution in [2.75, 3.05) is 33.7 Å². The second-order valence-corrected chi connectivity index (χ2v) is 7.91. The molecule has 1 amide bonds. The summed E-state index contributed by atoms with van der Waals surface area (Å²) >= 11 is 3.22. The molecule has 0 aliphatic rings. The fraction of sp³-hybridized carbons (Fsp3) is 0.500. The van der Waals surface area contributed by atoms with Crippen LogP contribution in [0.2, 0.25) is 0 Å². The van der Waals surface area contributed by atoms with Crippen LogP contribution in [0.15, 0.2) is 27.6 Å². The molecule has 1 rings (SSSR count). The molecule has 0 aromatic heterocycles. The van der Waals surface area contributed by atoms with Crippen molar-refractivity contribution in [1.82, 2.24) is 14.9 Å². The van der Waals surface area contributed by atoms with Gasteiger partial charge in [0.1, 0.15) is 0 Å². The summed E-state index contributed by atoms with van der Waals surface area (Å²) in [5.41, 5.74) is 0.417. The lowest BCUT2D eigenvalue weighted by Crippen LogP contribution is -2.32. The Balaban J connectivity index is 2.75. The number of sulfonamides is 1. The number of amides is 1. The standard InChI is InChI=1S/C14H22BrN3O3S/c1-4-7-16-8-9-17-14(19)11-5-6-13(12(15)10-11)22(20,21)18(2)3/h5-6,10,16H,4,7-9H2,1-3H3,(H,17,19). The lowest BCUT2D eigenvalue weighted by Gasteiger charge is -2.13. The van der Waals surface area contributed by atoms with Gasteiger partial charge in [0.2, 0.25) is 10.0 Å². The van der Waals surface area contributed by atoms with Gasteiger partial charge in [-0.2, -0.15) is 0 Å². The third kappa shape index (κ3) is 5.05. The zero-order chi connectivity index (χ0) is 16.8. The Labute approximate surface area is 140 Å². The molecule has 0 unspecified atom stereocenters. The van der Waals surface area contributed by atoms with E-state index in [0.717, 1.165) is 17.3 Å². The summed E-state index contributed by atoms with van der Waals surface area (Å²) in [6.07, 6.45) is 1.04. The van der Waals surface area contributed by atoms with Gasteiger partial charge < -0.3 is 10.6 Å². The predicted octanol–water partition coefficient (Wildman–Crippen LogP) is 1.43. The SMILES string of the molecule is CCCNCCNC(=O)c1ccc(S(=O)(=O)N(C)C)c(Br)c1. The fourth-order valence-electron chi connectivity index (χ4n) is 1.72. The van der Waals surface area contributed by atoms with Gasteiger partial charge in [-0.1, -0.05) is 6.92 Å². The van der Waals surface area contributed by atoms with E-state index in [1.807, 2.05) is 0 Å². The van der Waals surface area contributed by atoms with E-state index in [2.05, 4.69) is 33.5 Å². The molecular formula is C14H22BrN3O3S. The van der Waals surface area contributed by atoms with Crippen LogP contribution in [0.1, 0.15) is 23.7 Å². The Morgan fingerprint density at radius 1 is 1.23 bits per heavy atom. The molecule has 124 valence electrons. The van der Waals surface area contributed by atoms with Gasteiger partial charge in [-0.25, -0.2) is 12.7 Å². The van der Waals surface area contributed by atoms with E-state index < -0.39 is 10.0 Å². The van der Waals surface area contributed by atoms with Crippen LogP contribution in [0, 0.1) is 0 Å². The van der Waals surface area contributed by atoms with Crippen LogP contribution in [0.25, 0.3) is 0 Å². The maximum Gasteiger partial charge on any atom is 0.251 e. The monoisotopic (exact) mass is 391 g/mol. The molecule has 1 aromatic rings. The average Bonchev–Trinajstić information content (AvgIpc) is 2.46. The second kappa shape index (κ2) is 8.61. The zero-order valence-corrected chi connectivity index (χ0v) is 15.4. The van der Waals surface area contributed by atoms with Crippen molar-refractivity contribution >= 4 is 31.9 Å². The number of rotatable bonds is 8. The molecule has 2 N–H and O–H groups in total. The molecule has 8 heteroatoms. The molecule has 22 heavy (non-hydrogen) atoms. The number of hydrogen-bond donors (Lipinski definition) is 2. The largest absolute Gasteiger partial charge is 0.351 e. The minimum absolute atomic E-state index is 0.138. The third-order valence-electron chi connectivity index (χ3n) is 2.97. The number of nitrogens with zero attached hydrogens (tertiary/aromatic N) is 1. The predicted molar refractivity (Wildman–Crippen MR) is 90.5 cm³/mol. The zero-order valence-electron chi connectivity index (χ0n) is 13.0. The first kappa shape index (κ1) is 19.1. The highest BCUT2D eigenvalue weighted by atomic mass is 79.9. The highest BCUT2D eigenvalue weighted by Crippen LogP contribution is 2.25. The van der Waals surface area contributed by atoms with Crippen molar-refractivity contribution in [2.24, 2.45) is 0 Å². The van der Waals surface area contributed by atoms with Crippen molar-refractivity contribution < 1.29 is 13.2 Å². The molecule has 0 fully saturated rings. The van der Waals surface area contributed by atoms with Gasteiger partial charge in [-0.05, 0) is 47.1 Å². The maximum atomic E-state index is 12.1. The van der Waals surface area contributed by atoms with E-state index in [1.54, 1.807) is 0 Å². The van der Waals surface area contributed by atoms with Gasteiger partial charge in [0.15, 0.2) is 0 Å². The molecule has 0 aliphatic heterocycles. The molecule has 0 saturated heterocycles. The molecule has 0 heterocycles. The number of benzene rings is 1.